The van der Waals surface area contributed by atoms with Crippen molar-refractivity contribution in [3.05, 3.63) is 10.1 Å². The zero-order valence-electron chi connectivity index (χ0n) is 11.8. The molecule has 0 aliphatic heterocycles. The molecule has 0 fully saturated rings. The van der Waals surface area contributed by atoms with E-state index in [-0.39, 0.29) is 28.8 Å². The number of nitro groups is 1. The Balaban J connectivity index is 4.32. The van der Waals surface area contributed by atoms with Gasteiger partial charge < -0.3 is 0 Å². The van der Waals surface area contributed by atoms with Crippen molar-refractivity contribution in [1.29, 1.82) is 0 Å². The van der Waals surface area contributed by atoms with Crippen LogP contribution in [-0.4, -0.2) is 23.7 Å². The Hall–Kier alpha value is -0.930. The van der Waals surface area contributed by atoms with Gasteiger partial charge in [-0.1, -0.05) is 34.1 Å². The lowest BCUT2D eigenvalue weighted by Gasteiger charge is -2.24. The third-order valence-corrected chi connectivity index (χ3v) is 3.12. The molecule has 2 atom stereocenters. The molecule has 0 aliphatic rings. The van der Waals surface area contributed by atoms with Crippen LogP contribution in [0.1, 0.15) is 53.9 Å². The van der Waals surface area contributed by atoms with Gasteiger partial charge in [-0.05, 0) is 18.8 Å². The van der Waals surface area contributed by atoms with Crippen molar-refractivity contribution in [2.75, 3.05) is 6.54 Å². The molecule has 0 bridgehead atoms. The largest absolute Gasteiger partial charge is 0.294 e. The first-order valence-electron chi connectivity index (χ1n) is 6.42. The van der Waals surface area contributed by atoms with E-state index in [4.69, 9.17) is 0 Å². The molecule has 0 N–H and O–H groups in total. The molecule has 0 aliphatic carbocycles. The summed E-state index contributed by atoms with van der Waals surface area (Å²) in [5, 5.41) is 10.4. The molecule has 4 heteroatoms. The molecule has 0 saturated carbocycles. The van der Waals surface area contributed by atoms with E-state index in [1.807, 2.05) is 6.21 Å². The molecule has 4 nitrogen and oxygen atoms in total. The van der Waals surface area contributed by atoms with Gasteiger partial charge >= 0.3 is 0 Å². The Kier molecular flexibility index (Phi) is 7.00. The van der Waals surface area contributed by atoms with Crippen LogP contribution >= 0.6 is 0 Å². The second-order valence-electron chi connectivity index (χ2n) is 5.73. The van der Waals surface area contributed by atoms with Gasteiger partial charge in [0.25, 0.3) is 0 Å². The summed E-state index contributed by atoms with van der Waals surface area (Å²) >= 11 is 0. The number of aliphatic imine (C=N–C) groups is 1. The van der Waals surface area contributed by atoms with Crippen LogP contribution in [0.3, 0.4) is 0 Å². The summed E-state index contributed by atoms with van der Waals surface area (Å²) in [4.78, 5) is 14.7. The smallest absolute Gasteiger partial charge is 0.204 e. The lowest BCUT2D eigenvalue weighted by molar-refractivity contribution is -0.481. The predicted octanol–water partition coefficient (Wildman–Crippen LogP) is 3.57. The van der Waals surface area contributed by atoms with Crippen LogP contribution in [0.2, 0.25) is 0 Å². The summed E-state index contributed by atoms with van der Waals surface area (Å²) in [5.41, 5.74) is 0.149. The fourth-order valence-corrected chi connectivity index (χ4v) is 1.41. The fraction of sp³-hybridized carbons (Fsp3) is 0.923. The zero-order valence-corrected chi connectivity index (χ0v) is 11.8. The van der Waals surface area contributed by atoms with Crippen molar-refractivity contribution >= 4 is 6.21 Å². The van der Waals surface area contributed by atoms with Crippen molar-refractivity contribution in [2.45, 2.75) is 59.9 Å². The molecular formula is C13H26N2O2. The highest BCUT2D eigenvalue weighted by atomic mass is 16.6. The van der Waals surface area contributed by atoms with E-state index < -0.39 is 0 Å². The Labute approximate surface area is 105 Å². The maximum absolute atomic E-state index is 10.4. The van der Waals surface area contributed by atoms with Gasteiger partial charge in [0, 0.05) is 23.5 Å². The van der Waals surface area contributed by atoms with E-state index in [0.29, 0.717) is 6.42 Å². The third-order valence-electron chi connectivity index (χ3n) is 3.12. The number of hydrogen-bond donors (Lipinski definition) is 0. The molecule has 0 unspecified atom stereocenters. The monoisotopic (exact) mass is 242 g/mol. The minimum Gasteiger partial charge on any atom is -0.294 e. The lowest BCUT2D eigenvalue weighted by atomic mass is 9.88. The molecule has 0 aromatic heterocycles. The SMILES string of the molecule is CCC[C@@H](/C=N/[C@H](C)C(C)(C)C)CC[N+](=O)[O-]. The average Bonchev–Trinajstić information content (AvgIpc) is 2.20. The minimum atomic E-state index is -0.246. The summed E-state index contributed by atoms with van der Waals surface area (Å²) in [5.74, 6) is 0.246. The molecule has 0 rings (SSSR count). The van der Waals surface area contributed by atoms with Crippen LogP contribution in [-0.2, 0) is 0 Å². The number of hydrogen-bond acceptors (Lipinski definition) is 3. The van der Waals surface area contributed by atoms with E-state index in [9.17, 15) is 10.1 Å². The van der Waals surface area contributed by atoms with E-state index in [1.54, 1.807) is 0 Å². The summed E-state index contributed by atoms with van der Waals surface area (Å²) in [6.45, 7) is 10.7. The van der Waals surface area contributed by atoms with Crippen LogP contribution < -0.4 is 0 Å². The molecule has 0 amide bonds. The topological polar surface area (TPSA) is 55.5 Å². The van der Waals surface area contributed by atoms with Gasteiger partial charge in [-0.25, -0.2) is 0 Å². The van der Waals surface area contributed by atoms with Crippen LogP contribution in [0.5, 0.6) is 0 Å². The van der Waals surface area contributed by atoms with Crippen molar-refractivity contribution in [3.63, 3.8) is 0 Å². The van der Waals surface area contributed by atoms with Crippen LogP contribution in [0.25, 0.3) is 0 Å². The quantitative estimate of drug-likeness (QED) is 0.389. The molecule has 0 radical (unpaired) electrons. The second-order valence-corrected chi connectivity index (χ2v) is 5.73. The second kappa shape index (κ2) is 7.41. The van der Waals surface area contributed by atoms with Gasteiger partial charge in [-0.2, -0.15) is 0 Å². The lowest BCUT2D eigenvalue weighted by Crippen LogP contribution is -2.22. The van der Waals surface area contributed by atoms with Gasteiger partial charge in [-0.15, -0.1) is 0 Å². The fourth-order valence-electron chi connectivity index (χ4n) is 1.41. The summed E-state index contributed by atoms with van der Waals surface area (Å²) in [6, 6.07) is 0.248. The zero-order chi connectivity index (χ0) is 13.5. The van der Waals surface area contributed by atoms with E-state index in [2.05, 4.69) is 39.6 Å². The first-order chi connectivity index (χ1) is 7.77. The Morgan fingerprint density at radius 1 is 1.35 bits per heavy atom. The maximum Gasteiger partial charge on any atom is 0.204 e. The number of rotatable bonds is 7. The van der Waals surface area contributed by atoms with Gasteiger partial charge in [0.15, 0.2) is 0 Å². The van der Waals surface area contributed by atoms with Crippen molar-refractivity contribution in [3.8, 4) is 0 Å². The standard InChI is InChI=1S/C13H26N2O2/c1-6-7-12(8-9-15(16)17)10-14-11(2)13(3,4)5/h10-12H,6-9H2,1-5H3/b14-10+/t11-,12-/m1/s1. The van der Waals surface area contributed by atoms with Gasteiger partial charge in [0.2, 0.25) is 6.54 Å². The molecular weight excluding hydrogens is 216 g/mol. The summed E-state index contributed by atoms with van der Waals surface area (Å²) in [7, 11) is 0. The maximum atomic E-state index is 10.4. The highest BCUT2D eigenvalue weighted by Crippen LogP contribution is 2.22. The number of nitrogens with zero attached hydrogens (tertiary/aromatic N) is 2. The Morgan fingerprint density at radius 2 is 1.94 bits per heavy atom. The predicted molar refractivity (Wildman–Crippen MR) is 72.3 cm³/mol. The van der Waals surface area contributed by atoms with E-state index >= 15 is 0 Å². The minimum absolute atomic E-state index is 0.0422. The summed E-state index contributed by atoms with van der Waals surface area (Å²) in [6.07, 6.45) is 4.55. The van der Waals surface area contributed by atoms with Crippen LogP contribution in [0.4, 0.5) is 0 Å². The third kappa shape index (κ3) is 7.88. The van der Waals surface area contributed by atoms with Crippen LogP contribution in [0, 0.1) is 21.4 Å². The molecule has 0 heterocycles. The van der Waals surface area contributed by atoms with Crippen molar-refractivity contribution in [2.24, 2.45) is 16.3 Å². The van der Waals surface area contributed by atoms with Crippen LogP contribution in [0.15, 0.2) is 4.99 Å². The van der Waals surface area contributed by atoms with E-state index in [0.717, 1.165) is 12.8 Å². The first-order valence-corrected chi connectivity index (χ1v) is 6.42. The van der Waals surface area contributed by atoms with Crippen molar-refractivity contribution < 1.29 is 4.92 Å². The molecule has 0 spiro atoms. The highest BCUT2D eigenvalue weighted by Gasteiger charge is 2.19. The van der Waals surface area contributed by atoms with E-state index in [1.165, 1.54) is 0 Å². The first kappa shape index (κ1) is 16.1. The Bertz CT molecular complexity index is 257. The summed E-state index contributed by atoms with van der Waals surface area (Å²) < 4.78 is 0. The highest BCUT2D eigenvalue weighted by molar-refractivity contribution is 5.60. The van der Waals surface area contributed by atoms with Gasteiger partial charge in [0.05, 0.1) is 6.04 Å². The van der Waals surface area contributed by atoms with Gasteiger partial charge in [-0.3, -0.25) is 15.1 Å². The van der Waals surface area contributed by atoms with Crippen molar-refractivity contribution in [1.82, 2.24) is 0 Å². The molecule has 0 aromatic carbocycles. The normalized spacial score (nSPS) is 16.1. The molecule has 0 saturated heterocycles. The Morgan fingerprint density at radius 3 is 2.35 bits per heavy atom. The molecule has 17 heavy (non-hydrogen) atoms. The van der Waals surface area contributed by atoms with Gasteiger partial charge in [0.1, 0.15) is 0 Å². The average molecular weight is 242 g/mol. The molecule has 0 aromatic rings. The molecule has 100 valence electrons.